The van der Waals surface area contributed by atoms with Crippen molar-refractivity contribution in [3.8, 4) is 0 Å². The second-order valence-corrected chi connectivity index (χ2v) is 0.250. The molecule has 0 heterocycles. The molecule has 0 radical (unpaired) electrons. The summed E-state index contributed by atoms with van der Waals surface area (Å²) >= 11 is 0. The minimum atomic E-state index is -1.42. The Morgan fingerprint density at radius 2 is 1.00 bits per heavy atom. The molecule has 0 aliphatic carbocycles. The van der Waals surface area contributed by atoms with Gasteiger partial charge < -0.3 is 11.0 Å². The first-order chi connectivity index (χ1) is 1.41. The summed E-state index contributed by atoms with van der Waals surface area (Å²) in [6.45, 7) is 0. The van der Waals surface area contributed by atoms with Crippen molar-refractivity contribution in [2.24, 2.45) is 0 Å². The quantitative estimate of drug-likeness (QED) is 0.367. The van der Waals surface area contributed by atoms with E-state index in [1.165, 1.54) is 0 Å². The number of hydrogen-bond acceptors (Lipinski definition) is 4. The Kier molecular flexibility index (Phi) is 259. The first-order valence-corrected chi connectivity index (χ1v) is 1.22. The Hall–Kier alpha value is 0.503. The van der Waals surface area contributed by atoms with Gasteiger partial charge in [-0.05, 0) is 0 Å². The first kappa shape index (κ1) is 31.4. The largest absolute Gasteiger partial charge is 2.00 e. The van der Waals surface area contributed by atoms with Crippen molar-refractivity contribution in [1.82, 2.24) is 0 Å². The summed E-state index contributed by atoms with van der Waals surface area (Å²) in [5.74, 6) is 0. The second kappa shape index (κ2) is 49.4. The van der Waals surface area contributed by atoms with Gasteiger partial charge in [-0.25, -0.2) is 0 Å². The Bertz CT molecular complexity index is 28.5. The van der Waals surface area contributed by atoms with Gasteiger partial charge in [-0.15, -0.1) is 0 Å². The van der Waals surface area contributed by atoms with Crippen LogP contribution in [0, 0.1) is 0 Å². The molecule has 0 aromatic heterocycles. The van der Waals surface area contributed by atoms with E-state index in [0.717, 1.165) is 0 Å². The Morgan fingerprint density at radius 1 is 1.00 bits per heavy atom. The molecule has 0 amide bonds. The van der Waals surface area contributed by atoms with E-state index in [2.05, 4.69) is 0 Å². The van der Waals surface area contributed by atoms with Gasteiger partial charge in [-0.3, -0.25) is 8.92 Å². The van der Waals surface area contributed by atoms with E-state index in [4.69, 9.17) is 8.92 Å². The zero-order valence-electron chi connectivity index (χ0n) is 2.92. The van der Waals surface area contributed by atoms with Crippen molar-refractivity contribution >= 4 is 32.3 Å². The van der Waals surface area contributed by atoms with Crippen LogP contribution in [0.15, 0.2) is 0 Å². The van der Waals surface area contributed by atoms with Crippen LogP contribution < -0.4 is 0 Å². The van der Waals surface area contributed by atoms with E-state index in [9.17, 15) is 0 Å². The van der Waals surface area contributed by atoms with Crippen LogP contribution in [0.25, 0.3) is 0 Å². The summed E-state index contributed by atoms with van der Waals surface area (Å²) < 4.78 is 16.8. The fourth-order valence-electron chi connectivity index (χ4n) is 0. The van der Waals surface area contributed by atoms with Crippen LogP contribution in [0.3, 0.4) is 0 Å². The number of rotatable bonds is 0. The van der Waals surface area contributed by atoms with Gasteiger partial charge in [0.25, 0.3) is 0 Å². The molecule has 2 N–H and O–H groups in total. The van der Waals surface area contributed by atoms with E-state index in [0.29, 0.717) is 0 Å². The van der Waals surface area contributed by atoms with Crippen LogP contribution in [0.5, 0.6) is 0 Å². The first-order valence-electron chi connectivity index (χ1n) is 0.408. The van der Waals surface area contributed by atoms with E-state index in [1.807, 2.05) is 0 Å². The van der Waals surface area contributed by atoms with Crippen molar-refractivity contribution < 1.29 is 19.9 Å². The summed E-state index contributed by atoms with van der Waals surface area (Å²) in [5.41, 5.74) is 0. The Morgan fingerprint density at radius 3 is 1.00 bits per heavy atom. The summed E-state index contributed by atoms with van der Waals surface area (Å²) in [6, 6.07) is 0. The van der Waals surface area contributed by atoms with Crippen LogP contribution in [0.1, 0.15) is 0 Å². The van der Waals surface area contributed by atoms with Gasteiger partial charge in [0.15, 0.2) is 0 Å². The average molecular weight is 118 g/mol. The Balaban J connectivity index is -0.00000000667. The van der Waals surface area contributed by atoms with Crippen molar-refractivity contribution in [3.05, 3.63) is 0 Å². The van der Waals surface area contributed by atoms with Gasteiger partial charge in [0, 0.05) is 0 Å². The second-order valence-electron chi connectivity index (χ2n) is 0.0833. The smallest absolute Gasteiger partial charge is 0.870 e. The molecule has 0 atom stereocenters. The van der Waals surface area contributed by atoms with E-state index in [1.54, 1.807) is 0 Å². The molecule has 4 nitrogen and oxygen atoms in total. The number of hydrogen-bond donors (Lipinski definition) is 0. The average Bonchev–Trinajstić information content (AvgIpc) is 0.918. The van der Waals surface area contributed by atoms with Gasteiger partial charge in [0.05, 0.1) is 0 Å². The predicted octanol–water partition coefficient (Wildman–Crippen LogP) is -1.35. The van der Waals surface area contributed by atoms with Crippen LogP contribution in [0.4, 0.5) is 0 Å². The fraction of sp³-hybridized carbons (Fsp3) is 0. The maximum Gasteiger partial charge on any atom is 2.00 e. The van der Waals surface area contributed by atoms with Gasteiger partial charge in [0.2, 0.25) is 0 Å². The minimum Gasteiger partial charge on any atom is -0.870 e. The predicted molar refractivity (Wildman–Crippen MR) is 16.8 cm³/mol. The van der Waals surface area contributed by atoms with E-state index in [-0.39, 0.29) is 34.0 Å². The summed E-state index contributed by atoms with van der Waals surface area (Å²) in [5, 5.41) is 0. The van der Waals surface area contributed by atoms with Gasteiger partial charge in [-0.1, -0.05) is 0 Å². The third kappa shape index (κ3) is 218. The third-order valence-corrected chi connectivity index (χ3v) is 0. The van der Waals surface area contributed by atoms with E-state index < -0.39 is 9.29 Å². The molecule has 0 saturated carbocycles. The zero-order chi connectivity index (χ0) is 2.71. The van der Waals surface area contributed by atoms with Crippen LogP contribution >= 0.6 is 0 Å². The standard InChI is InChI=1S/Mg.O2Si.2H2O/c;1-3-2;;/h;;2*1H2/q+2;;;/p-2. The van der Waals surface area contributed by atoms with E-state index >= 15 is 0 Å². The SMILES string of the molecule is O=[Si]=O.[Mg+2].[OH-].[OH-]. The molecule has 6 heavy (non-hydrogen) atoms. The summed E-state index contributed by atoms with van der Waals surface area (Å²) in [6.07, 6.45) is 0. The molecule has 0 spiro atoms. The van der Waals surface area contributed by atoms with Gasteiger partial charge in [0.1, 0.15) is 0 Å². The Labute approximate surface area is 52.6 Å². The van der Waals surface area contributed by atoms with Crippen LogP contribution in [0.2, 0.25) is 0 Å². The molecule has 0 aliphatic heterocycles. The molecule has 0 aliphatic rings. The van der Waals surface area contributed by atoms with Crippen LogP contribution in [-0.2, 0) is 8.92 Å². The molecule has 0 aromatic rings. The van der Waals surface area contributed by atoms with Gasteiger partial charge >= 0.3 is 32.3 Å². The van der Waals surface area contributed by atoms with Crippen molar-refractivity contribution in [2.75, 3.05) is 0 Å². The zero-order valence-corrected chi connectivity index (χ0v) is 5.33. The summed E-state index contributed by atoms with van der Waals surface area (Å²) in [7, 11) is -1.42. The third-order valence-electron chi connectivity index (χ3n) is 0. The minimum absolute atomic E-state index is 0. The molecular formula is H2MgO4Si. The molecule has 0 bridgehead atoms. The molecule has 0 fully saturated rings. The molecule has 0 aromatic carbocycles. The molecular weight excluding hydrogens is 116 g/mol. The van der Waals surface area contributed by atoms with Crippen molar-refractivity contribution in [2.45, 2.75) is 0 Å². The van der Waals surface area contributed by atoms with Crippen LogP contribution in [-0.4, -0.2) is 43.3 Å². The fourth-order valence-corrected chi connectivity index (χ4v) is 0. The molecule has 0 rings (SSSR count). The maximum atomic E-state index is 8.40. The molecule has 32 valence electrons. The van der Waals surface area contributed by atoms with Crippen molar-refractivity contribution in [1.29, 1.82) is 0 Å². The molecule has 0 saturated heterocycles. The monoisotopic (exact) mass is 118 g/mol. The van der Waals surface area contributed by atoms with Crippen molar-refractivity contribution in [3.63, 3.8) is 0 Å². The topological polar surface area (TPSA) is 94.1 Å². The normalized spacial score (nSPS) is 1.33. The summed E-state index contributed by atoms with van der Waals surface area (Å²) in [4.78, 5) is 0. The van der Waals surface area contributed by atoms with Gasteiger partial charge in [-0.2, -0.15) is 0 Å². The molecule has 6 heteroatoms. The maximum absolute atomic E-state index is 8.40. The molecule has 0 unspecified atom stereocenters.